The van der Waals surface area contributed by atoms with Crippen LogP contribution in [0, 0.1) is 0 Å². The lowest BCUT2D eigenvalue weighted by Crippen LogP contribution is -2.35. The first-order chi connectivity index (χ1) is 13.1. The van der Waals surface area contributed by atoms with Gasteiger partial charge in [-0.15, -0.1) is 11.3 Å². The molecular weight excluding hydrogens is 372 g/mol. The van der Waals surface area contributed by atoms with Crippen LogP contribution in [0.25, 0.3) is 10.7 Å². The first-order valence-electron chi connectivity index (χ1n) is 8.51. The van der Waals surface area contributed by atoms with Crippen molar-refractivity contribution in [2.24, 2.45) is 0 Å². The highest BCUT2D eigenvalue weighted by molar-refractivity contribution is 7.13. The average molecular weight is 389 g/mol. The zero-order chi connectivity index (χ0) is 18.8. The summed E-state index contributed by atoms with van der Waals surface area (Å²) in [5, 5.41) is 1.94. The highest BCUT2D eigenvalue weighted by Crippen LogP contribution is 2.25. The van der Waals surface area contributed by atoms with Crippen molar-refractivity contribution in [3.8, 4) is 16.5 Å². The zero-order valence-corrected chi connectivity index (χ0v) is 15.1. The number of nitrogens with zero attached hydrogens (tertiary/aromatic N) is 2. The van der Waals surface area contributed by atoms with Crippen molar-refractivity contribution in [3.63, 3.8) is 0 Å². The minimum absolute atomic E-state index is 0.148. The molecule has 4 rings (SSSR count). The highest BCUT2D eigenvalue weighted by atomic mass is 32.1. The molecule has 1 aromatic carbocycles. The normalized spacial score (nSPS) is 14.3. The van der Waals surface area contributed by atoms with Gasteiger partial charge in [0.2, 0.25) is 0 Å². The number of benzene rings is 1. The Morgan fingerprint density at radius 2 is 2.11 bits per heavy atom. The number of fused-ring (bicyclic) bond motifs is 1. The summed E-state index contributed by atoms with van der Waals surface area (Å²) in [5.74, 6) is 0.760. The average Bonchev–Trinajstić information content (AvgIpc) is 3.18. The maximum absolute atomic E-state index is 12.6. The number of halogens is 2. The summed E-state index contributed by atoms with van der Waals surface area (Å²) in [4.78, 5) is 23.0. The molecule has 0 saturated carbocycles. The van der Waals surface area contributed by atoms with E-state index in [0.717, 1.165) is 10.6 Å². The van der Waals surface area contributed by atoms with E-state index in [-0.39, 0.29) is 11.3 Å². The number of thiophene rings is 1. The molecule has 0 unspecified atom stereocenters. The van der Waals surface area contributed by atoms with Crippen LogP contribution in [0.2, 0.25) is 0 Å². The number of hydrogen-bond acceptors (Lipinski definition) is 5. The van der Waals surface area contributed by atoms with E-state index in [1.165, 1.54) is 17.4 Å². The summed E-state index contributed by atoms with van der Waals surface area (Å²) in [6.07, 6.45) is 0.634. The quantitative estimate of drug-likeness (QED) is 0.724. The number of aromatic amines is 1. The van der Waals surface area contributed by atoms with Crippen molar-refractivity contribution in [1.29, 1.82) is 0 Å². The molecule has 1 N–H and O–H groups in total. The molecule has 3 heterocycles. The fraction of sp³-hybridized carbons (Fsp3) is 0.263. The van der Waals surface area contributed by atoms with Gasteiger partial charge in [-0.05, 0) is 17.5 Å². The van der Waals surface area contributed by atoms with Gasteiger partial charge in [-0.2, -0.15) is 8.78 Å². The van der Waals surface area contributed by atoms with Gasteiger partial charge in [-0.1, -0.05) is 24.3 Å². The lowest BCUT2D eigenvalue weighted by molar-refractivity contribution is -0.0508. The summed E-state index contributed by atoms with van der Waals surface area (Å²) in [7, 11) is 0. The van der Waals surface area contributed by atoms with E-state index >= 15 is 0 Å². The lowest BCUT2D eigenvalue weighted by Gasteiger charge is -2.28. The molecule has 0 atom stereocenters. The molecule has 0 bridgehead atoms. The van der Waals surface area contributed by atoms with Crippen LogP contribution in [-0.4, -0.2) is 28.0 Å². The maximum Gasteiger partial charge on any atom is 0.387 e. The summed E-state index contributed by atoms with van der Waals surface area (Å²) < 4.78 is 29.8. The Morgan fingerprint density at radius 1 is 1.26 bits per heavy atom. The Hall–Kier alpha value is -2.58. The molecule has 1 aliphatic heterocycles. The molecule has 0 radical (unpaired) electrons. The second-order valence-corrected chi connectivity index (χ2v) is 7.21. The minimum atomic E-state index is -2.86. The van der Waals surface area contributed by atoms with Crippen LogP contribution in [0.15, 0.2) is 46.6 Å². The minimum Gasteiger partial charge on any atom is -0.434 e. The van der Waals surface area contributed by atoms with E-state index in [1.807, 2.05) is 22.4 Å². The largest absolute Gasteiger partial charge is 0.434 e. The van der Waals surface area contributed by atoms with Crippen LogP contribution < -0.4 is 10.3 Å². The Labute approximate surface area is 158 Å². The highest BCUT2D eigenvalue weighted by Gasteiger charge is 2.23. The van der Waals surface area contributed by atoms with E-state index < -0.39 is 6.61 Å². The first kappa shape index (κ1) is 17.8. The van der Waals surface area contributed by atoms with E-state index in [4.69, 9.17) is 0 Å². The molecule has 3 aromatic rings. The number of nitrogens with one attached hydrogen (secondary N) is 1. The molecule has 2 aromatic heterocycles. The number of rotatable bonds is 5. The second kappa shape index (κ2) is 7.58. The van der Waals surface area contributed by atoms with E-state index in [0.29, 0.717) is 43.0 Å². The number of alkyl halides is 2. The van der Waals surface area contributed by atoms with Crippen molar-refractivity contribution >= 4 is 11.3 Å². The Balaban J connectivity index is 1.55. The lowest BCUT2D eigenvalue weighted by atomic mass is 10.1. The predicted molar refractivity (Wildman–Crippen MR) is 99.1 cm³/mol. The van der Waals surface area contributed by atoms with Gasteiger partial charge in [-0.3, -0.25) is 9.69 Å². The van der Waals surface area contributed by atoms with Gasteiger partial charge < -0.3 is 9.72 Å². The molecule has 8 heteroatoms. The molecule has 0 amide bonds. The SMILES string of the molecule is O=c1[nH]c(-c2cccs2)nc2c1CN(Cc1ccccc1OC(F)F)CC2. The molecule has 1 aliphatic rings. The van der Waals surface area contributed by atoms with Crippen LogP contribution >= 0.6 is 11.3 Å². The van der Waals surface area contributed by atoms with E-state index in [1.54, 1.807) is 18.2 Å². The fourth-order valence-electron chi connectivity index (χ4n) is 3.23. The molecule has 0 aliphatic carbocycles. The smallest absolute Gasteiger partial charge is 0.387 e. The molecule has 5 nitrogen and oxygen atoms in total. The van der Waals surface area contributed by atoms with Gasteiger partial charge in [0, 0.05) is 31.6 Å². The van der Waals surface area contributed by atoms with Crippen LogP contribution in [0.1, 0.15) is 16.8 Å². The summed E-state index contributed by atoms with van der Waals surface area (Å²) in [6.45, 7) is -1.33. The topological polar surface area (TPSA) is 58.2 Å². The van der Waals surface area contributed by atoms with Gasteiger partial charge in [0.1, 0.15) is 5.75 Å². The summed E-state index contributed by atoms with van der Waals surface area (Å²) in [5.41, 5.74) is 1.95. The van der Waals surface area contributed by atoms with Crippen LogP contribution in [0.5, 0.6) is 5.75 Å². The monoisotopic (exact) mass is 389 g/mol. The zero-order valence-electron chi connectivity index (χ0n) is 14.3. The van der Waals surface area contributed by atoms with Crippen molar-refractivity contribution in [3.05, 3.63) is 69.0 Å². The van der Waals surface area contributed by atoms with Crippen LogP contribution in [0.3, 0.4) is 0 Å². The third-order valence-corrected chi connectivity index (χ3v) is 5.36. The van der Waals surface area contributed by atoms with Crippen molar-refractivity contribution in [1.82, 2.24) is 14.9 Å². The summed E-state index contributed by atoms with van der Waals surface area (Å²) >= 11 is 1.53. The second-order valence-electron chi connectivity index (χ2n) is 6.26. The number of para-hydroxylation sites is 1. The van der Waals surface area contributed by atoms with Gasteiger partial charge in [-0.25, -0.2) is 4.98 Å². The third kappa shape index (κ3) is 3.91. The first-order valence-corrected chi connectivity index (χ1v) is 9.39. The molecule has 140 valence electrons. The van der Waals surface area contributed by atoms with Crippen molar-refractivity contribution in [2.75, 3.05) is 6.54 Å². The van der Waals surface area contributed by atoms with Crippen molar-refractivity contribution < 1.29 is 13.5 Å². The van der Waals surface area contributed by atoms with Crippen LogP contribution in [-0.2, 0) is 19.5 Å². The van der Waals surface area contributed by atoms with Gasteiger partial charge in [0.05, 0.1) is 16.1 Å². The molecular formula is C19H17F2N3O2S. The Bertz CT molecular complexity index is 989. The van der Waals surface area contributed by atoms with Gasteiger partial charge in [0.15, 0.2) is 5.82 Å². The molecule has 27 heavy (non-hydrogen) atoms. The summed E-state index contributed by atoms with van der Waals surface area (Å²) in [6, 6.07) is 10.6. The Morgan fingerprint density at radius 3 is 2.89 bits per heavy atom. The number of ether oxygens (including phenoxy) is 1. The fourth-order valence-corrected chi connectivity index (χ4v) is 3.90. The maximum atomic E-state index is 12.6. The van der Waals surface area contributed by atoms with Gasteiger partial charge >= 0.3 is 6.61 Å². The third-order valence-electron chi connectivity index (χ3n) is 4.48. The van der Waals surface area contributed by atoms with Gasteiger partial charge in [0.25, 0.3) is 5.56 Å². The number of H-pyrrole nitrogens is 1. The number of aromatic nitrogens is 2. The van der Waals surface area contributed by atoms with E-state index in [2.05, 4.69) is 14.7 Å². The molecule has 0 fully saturated rings. The van der Waals surface area contributed by atoms with Crippen LogP contribution in [0.4, 0.5) is 8.78 Å². The predicted octanol–water partition coefficient (Wildman–Crippen LogP) is 3.66. The molecule has 0 spiro atoms. The van der Waals surface area contributed by atoms with Crippen molar-refractivity contribution in [2.45, 2.75) is 26.1 Å². The van der Waals surface area contributed by atoms with E-state index in [9.17, 15) is 13.6 Å². The number of hydrogen-bond donors (Lipinski definition) is 1. The standard InChI is InChI=1S/C19H17F2N3O2S/c20-19(21)26-15-5-2-1-4-12(15)10-24-8-7-14-13(11-24)18(25)23-17(22-14)16-6-3-9-27-16/h1-6,9,19H,7-8,10-11H2,(H,22,23,25). The molecule has 0 saturated heterocycles. The Kier molecular flexibility index (Phi) is 5.00.